The van der Waals surface area contributed by atoms with Crippen molar-refractivity contribution in [1.82, 2.24) is 9.80 Å². The van der Waals surface area contributed by atoms with Gasteiger partial charge in [-0.2, -0.15) is 0 Å². The van der Waals surface area contributed by atoms with E-state index in [2.05, 4.69) is 4.90 Å². The van der Waals surface area contributed by atoms with Crippen molar-refractivity contribution in [2.45, 2.75) is 38.3 Å². The number of halogens is 1. The summed E-state index contributed by atoms with van der Waals surface area (Å²) in [6.45, 7) is 3.94. The van der Waals surface area contributed by atoms with E-state index in [9.17, 15) is 9.18 Å². The third-order valence-corrected chi connectivity index (χ3v) is 5.13. The van der Waals surface area contributed by atoms with E-state index in [1.807, 2.05) is 17.0 Å². The molecule has 0 aliphatic carbocycles. The van der Waals surface area contributed by atoms with Crippen LogP contribution in [-0.2, 0) is 11.3 Å². The lowest BCUT2D eigenvalue weighted by Crippen LogP contribution is -2.50. The maximum atomic E-state index is 13.1. The number of carbonyl (C=O) groups is 1. The fraction of sp³-hybridized carbons (Fsp3) is 0.611. The van der Waals surface area contributed by atoms with Crippen molar-refractivity contribution < 1.29 is 9.18 Å². The van der Waals surface area contributed by atoms with Crippen LogP contribution in [0, 0.1) is 11.7 Å². The summed E-state index contributed by atoms with van der Waals surface area (Å²) in [5.74, 6) is 0.487. The van der Waals surface area contributed by atoms with E-state index in [0.29, 0.717) is 19.0 Å². The Morgan fingerprint density at radius 1 is 1.17 bits per heavy atom. The van der Waals surface area contributed by atoms with E-state index in [1.165, 1.54) is 12.1 Å². The van der Waals surface area contributed by atoms with E-state index in [0.717, 1.165) is 50.9 Å². The zero-order valence-corrected chi connectivity index (χ0v) is 13.6. The second-order valence-electron chi connectivity index (χ2n) is 6.78. The summed E-state index contributed by atoms with van der Waals surface area (Å²) in [5, 5.41) is 0. The third-order valence-electron chi connectivity index (χ3n) is 5.13. The SMILES string of the molecule is NC[C@@H]1CCN(C(=O)[C@@H]2CCCCN2Cc2ccc(F)cc2)C1. The maximum Gasteiger partial charge on any atom is 0.239 e. The Kier molecular flexibility index (Phi) is 5.28. The molecule has 0 bridgehead atoms. The van der Waals surface area contributed by atoms with Crippen LogP contribution in [0.1, 0.15) is 31.2 Å². The normalized spacial score (nSPS) is 25.7. The van der Waals surface area contributed by atoms with Crippen LogP contribution >= 0.6 is 0 Å². The summed E-state index contributed by atoms with van der Waals surface area (Å²) in [4.78, 5) is 17.2. The number of nitrogens with two attached hydrogens (primary N) is 1. The molecule has 1 aromatic rings. The monoisotopic (exact) mass is 319 g/mol. The molecule has 2 N–H and O–H groups in total. The van der Waals surface area contributed by atoms with Gasteiger partial charge in [0, 0.05) is 19.6 Å². The van der Waals surface area contributed by atoms with Crippen LogP contribution in [-0.4, -0.2) is 47.9 Å². The van der Waals surface area contributed by atoms with Gasteiger partial charge in [-0.15, -0.1) is 0 Å². The minimum Gasteiger partial charge on any atom is -0.341 e. The quantitative estimate of drug-likeness (QED) is 0.923. The molecular formula is C18H26FN3O. The van der Waals surface area contributed by atoms with Gasteiger partial charge in [-0.05, 0) is 56.0 Å². The third kappa shape index (κ3) is 3.90. The van der Waals surface area contributed by atoms with Crippen LogP contribution in [0.2, 0.25) is 0 Å². The molecule has 2 aliphatic heterocycles. The van der Waals surface area contributed by atoms with E-state index < -0.39 is 0 Å². The highest BCUT2D eigenvalue weighted by molar-refractivity contribution is 5.82. The van der Waals surface area contributed by atoms with Gasteiger partial charge in [-0.25, -0.2) is 4.39 Å². The molecule has 4 nitrogen and oxygen atoms in total. The van der Waals surface area contributed by atoms with Gasteiger partial charge in [-0.3, -0.25) is 9.69 Å². The van der Waals surface area contributed by atoms with Gasteiger partial charge in [0.15, 0.2) is 0 Å². The first kappa shape index (κ1) is 16.4. The van der Waals surface area contributed by atoms with E-state index >= 15 is 0 Å². The molecule has 0 spiro atoms. The zero-order valence-electron chi connectivity index (χ0n) is 13.6. The lowest BCUT2D eigenvalue weighted by molar-refractivity contribution is -0.137. The standard InChI is InChI=1S/C18H26FN3O/c19-16-6-4-14(5-7-16)12-21-9-2-1-3-17(21)18(23)22-10-8-15(11-20)13-22/h4-7,15,17H,1-3,8-13,20H2/t15-,17-/m0/s1. The molecule has 2 atom stereocenters. The van der Waals surface area contributed by atoms with Gasteiger partial charge in [0.05, 0.1) is 6.04 Å². The van der Waals surface area contributed by atoms with Gasteiger partial charge in [0.2, 0.25) is 5.91 Å². The summed E-state index contributed by atoms with van der Waals surface area (Å²) in [5.41, 5.74) is 6.80. The zero-order chi connectivity index (χ0) is 16.2. The molecule has 3 rings (SSSR count). The Balaban J connectivity index is 1.66. The molecule has 2 fully saturated rings. The molecule has 23 heavy (non-hydrogen) atoms. The molecule has 0 saturated carbocycles. The molecule has 0 radical (unpaired) electrons. The van der Waals surface area contributed by atoms with Crippen molar-refractivity contribution in [1.29, 1.82) is 0 Å². The fourth-order valence-electron chi connectivity index (χ4n) is 3.72. The number of piperidine rings is 1. The van der Waals surface area contributed by atoms with Gasteiger partial charge in [0.1, 0.15) is 5.82 Å². The van der Waals surface area contributed by atoms with E-state index in [-0.39, 0.29) is 17.8 Å². The van der Waals surface area contributed by atoms with Crippen LogP contribution in [0.15, 0.2) is 24.3 Å². The Bertz CT molecular complexity index is 534. The maximum absolute atomic E-state index is 13.1. The second kappa shape index (κ2) is 7.41. The van der Waals surface area contributed by atoms with Gasteiger partial charge >= 0.3 is 0 Å². The van der Waals surface area contributed by atoms with Crippen LogP contribution in [0.4, 0.5) is 4.39 Å². The van der Waals surface area contributed by atoms with Crippen molar-refractivity contribution in [2.24, 2.45) is 11.7 Å². The second-order valence-corrected chi connectivity index (χ2v) is 6.78. The van der Waals surface area contributed by atoms with Crippen molar-refractivity contribution in [2.75, 3.05) is 26.2 Å². The molecular weight excluding hydrogens is 293 g/mol. The molecule has 2 saturated heterocycles. The molecule has 5 heteroatoms. The average Bonchev–Trinajstić information content (AvgIpc) is 3.06. The van der Waals surface area contributed by atoms with Gasteiger partial charge in [0.25, 0.3) is 0 Å². The lowest BCUT2D eigenvalue weighted by Gasteiger charge is -2.36. The van der Waals surface area contributed by atoms with Gasteiger partial charge < -0.3 is 10.6 Å². The number of carbonyl (C=O) groups excluding carboxylic acids is 1. The Morgan fingerprint density at radius 3 is 2.65 bits per heavy atom. The first-order valence-corrected chi connectivity index (χ1v) is 8.64. The predicted molar refractivity (Wildman–Crippen MR) is 88.2 cm³/mol. The van der Waals surface area contributed by atoms with Crippen molar-refractivity contribution >= 4 is 5.91 Å². The van der Waals surface area contributed by atoms with Crippen LogP contribution in [0.3, 0.4) is 0 Å². The fourth-order valence-corrected chi connectivity index (χ4v) is 3.72. The highest BCUT2D eigenvalue weighted by Gasteiger charge is 2.34. The van der Waals surface area contributed by atoms with Crippen molar-refractivity contribution in [3.8, 4) is 0 Å². The Morgan fingerprint density at radius 2 is 1.96 bits per heavy atom. The highest BCUT2D eigenvalue weighted by atomic mass is 19.1. The number of hydrogen-bond acceptors (Lipinski definition) is 3. The Hall–Kier alpha value is -1.46. The number of amides is 1. The average molecular weight is 319 g/mol. The Labute approximate surface area is 137 Å². The predicted octanol–water partition coefficient (Wildman–Crippen LogP) is 1.99. The molecule has 0 aromatic heterocycles. The number of rotatable bonds is 4. The van der Waals surface area contributed by atoms with Crippen molar-refractivity contribution in [3.05, 3.63) is 35.6 Å². The minimum atomic E-state index is -0.218. The van der Waals surface area contributed by atoms with Gasteiger partial charge in [-0.1, -0.05) is 18.6 Å². The van der Waals surface area contributed by atoms with E-state index in [1.54, 1.807) is 0 Å². The molecule has 1 amide bonds. The first-order chi connectivity index (χ1) is 11.2. The molecule has 0 unspecified atom stereocenters. The summed E-state index contributed by atoms with van der Waals surface area (Å²) in [7, 11) is 0. The van der Waals surface area contributed by atoms with Crippen LogP contribution in [0.5, 0.6) is 0 Å². The summed E-state index contributed by atoms with van der Waals surface area (Å²) in [6, 6.07) is 6.56. The summed E-state index contributed by atoms with van der Waals surface area (Å²) >= 11 is 0. The minimum absolute atomic E-state index is 0.0367. The van der Waals surface area contributed by atoms with E-state index in [4.69, 9.17) is 5.73 Å². The first-order valence-electron chi connectivity index (χ1n) is 8.64. The van der Waals surface area contributed by atoms with Crippen molar-refractivity contribution in [3.63, 3.8) is 0 Å². The molecule has 2 heterocycles. The smallest absolute Gasteiger partial charge is 0.239 e. The number of nitrogens with zero attached hydrogens (tertiary/aromatic N) is 2. The highest BCUT2D eigenvalue weighted by Crippen LogP contribution is 2.24. The molecule has 126 valence electrons. The molecule has 1 aromatic carbocycles. The summed E-state index contributed by atoms with van der Waals surface area (Å²) in [6.07, 6.45) is 4.16. The van der Waals surface area contributed by atoms with Crippen LogP contribution in [0.25, 0.3) is 0 Å². The molecule has 2 aliphatic rings. The largest absolute Gasteiger partial charge is 0.341 e. The lowest BCUT2D eigenvalue weighted by atomic mass is 10.00. The summed E-state index contributed by atoms with van der Waals surface area (Å²) < 4.78 is 13.1. The number of benzene rings is 1. The topological polar surface area (TPSA) is 49.6 Å². The van der Waals surface area contributed by atoms with Crippen LogP contribution < -0.4 is 5.73 Å². The number of likely N-dealkylation sites (tertiary alicyclic amines) is 2. The number of hydrogen-bond donors (Lipinski definition) is 1.